The fourth-order valence-corrected chi connectivity index (χ4v) is 3.53. The molecule has 0 spiro atoms. The van der Waals surface area contributed by atoms with Gasteiger partial charge >= 0.3 is 18.9 Å². The molecule has 1 aromatic carbocycles. The van der Waals surface area contributed by atoms with Crippen LogP contribution >= 0.6 is 66.6 Å². The summed E-state index contributed by atoms with van der Waals surface area (Å²) in [7, 11) is 0.604. The van der Waals surface area contributed by atoms with Crippen molar-refractivity contribution in [3.63, 3.8) is 0 Å². The molecule has 1 unspecified atom stereocenters. The molecule has 1 nitrogen and oxygen atoms in total. The molecule has 0 aliphatic carbocycles. The van der Waals surface area contributed by atoms with E-state index in [1.165, 1.54) is 0 Å². The van der Waals surface area contributed by atoms with E-state index in [9.17, 15) is 4.79 Å². The number of carbonyl (C=O) groups excluding carboxylic acids is 1. The molecule has 19 heavy (non-hydrogen) atoms. The van der Waals surface area contributed by atoms with Crippen molar-refractivity contribution in [2.24, 2.45) is 0 Å². The van der Waals surface area contributed by atoms with Crippen LogP contribution in [-0.4, -0.2) is 11.2 Å². The summed E-state index contributed by atoms with van der Waals surface area (Å²) in [5, 5.41) is 0.268. The molecule has 0 amide bonds. The van der Waals surface area contributed by atoms with Crippen LogP contribution in [0.5, 0.6) is 0 Å². The van der Waals surface area contributed by atoms with E-state index in [1.807, 2.05) is 13.8 Å². The number of carbonyl (C=O) groups is 1. The maximum atomic E-state index is 12.1. The van der Waals surface area contributed by atoms with Gasteiger partial charge in [-0.25, -0.2) is 0 Å². The Morgan fingerprint density at radius 2 is 1.37 bits per heavy atom. The van der Waals surface area contributed by atoms with E-state index in [1.54, 1.807) is 0 Å². The molecule has 0 saturated heterocycles. The Bertz CT molecular complexity index is 465. The van der Waals surface area contributed by atoms with Crippen LogP contribution in [0.1, 0.15) is 30.6 Å². The minimum Gasteiger partial charge on any atom is -0.456 e. The van der Waals surface area contributed by atoms with Gasteiger partial charge in [0, 0.05) is 11.1 Å². The minimum atomic E-state index is -0.209. The second-order valence-electron chi connectivity index (χ2n) is 3.64. The van der Waals surface area contributed by atoms with Crippen molar-refractivity contribution < 1.29 is 23.7 Å². The molecule has 100 valence electrons. The van der Waals surface area contributed by atoms with E-state index in [-0.39, 0.29) is 60.7 Å². The summed E-state index contributed by atoms with van der Waals surface area (Å²) in [5.74, 6) is 0. The van der Waals surface area contributed by atoms with Gasteiger partial charge in [0.15, 0.2) is 0 Å². The number of halogens is 5. The quantitative estimate of drug-likeness (QED) is 0.340. The largest absolute Gasteiger partial charge is 1.00 e. The molecule has 0 saturated carbocycles. The van der Waals surface area contributed by atoms with Gasteiger partial charge in [0.2, 0.25) is 0 Å². The smallest absolute Gasteiger partial charge is 0.456 e. The fourth-order valence-electron chi connectivity index (χ4n) is 1.15. The maximum Gasteiger partial charge on any atom is 1.00 e. The van der Waals surface area contributed by atoms with Gasteiger partial charge in [-0.15, -0.1) is 0 Å². The van der Waals surface area contributed by atoms with Crippen molar-refractivity contribution in [3.05, 3.63) is 30.7 Å². The van der Waals surface area contributed by atoms with Crippen LogP contribution in [0.25, 0.3) is 0 Å². The number of benzene rings is 1. The van der Waals surface area contributed by atoms with E-state index in [0.29, 0.717) is 8.58 Å². The molecule has 0 bridgehead atoms. The molecule has 1 atom stereocenters. The zero-order valence-electron chi connectivity index (χ0n) is 10.5. The molecule has 1 rings (SSSR count). The van der Waals surface area contributed by atoms with Crippen molar-refractivity contribution in [1.82, 2.24) is 0 Å². The summed E-state index contributed by atoms with van der Waals surface area (Å²) in [6.45, 7) is 3.95. The van der Waals surface area contributed by atoms with Gasteiger partial charge in [0.05, 0.1) is 25.1 Å². The average molecular weight is 372 g/mol. The van der Waals surface area contributed by atoms with Gasteiger partial charge in [0.25, 0.3) is 0 Å². The third-order valence-corrected chi connectivity index (χ3v) is 5.89. The van der Waals surface area contributed by atoms with Crippen LogP contribution in [-0.2, 0) is 0 Å². The number of hydrogen-bond donors (Lipinski definition) is 0. The first-order valence-electron chi connectivity index (χ1n) is 5.07. The van der Waals surface area contributed by atoms with Gasteiger partial charge in [-0.05, 0) is 0 Å². The molecule has 0 fully saturated rings. The number of rotatable bonds is 4. The van der Waals surface area contributed by atoms with Crippen LogP contribution in [0, 0.1) is 0 Å². The van der Waals surface area contributed by atoms with E-state index >= 15 is 0 Å². The summed E-state index contributed by atoms with van der Waals surface area (Å²) >= 11 is 29.7. The second-order valence-corrected chi connectivity index (χ2v) is 7.07. The van der Waals surface area contributed by atoms with Crippen molar-refractivity contribution in [2.45, 2.75) is 25.9 Å². The molecular formula is C11H9Cl5LiOP. The summed E-state index contributed by atoms with van der Waals surface area (Å²) < 4.78 is 0. The molecule has 1 aromatic rings. The van der Waals surface area contributed by atoms with Gasteiger partial charge in [-0.2, -0.15) is 5.66 Å². The zero-order chi connectivity index (χ0) is 14.0. The Kier molecular flexibility index (Phi) is 9.35. The van der Waals surface area contributed by atoms with Gasteiger partial charge in [-0.1, -0.05) is 78.3 Å². The predicted molar refractivity (Wildman–Crippen MR) is 82.5 cm³/mol. The normalized spacial score (nSPS) is 12.6. The number of hydrogen-bond acceptors (Lipinski definition) is 1. The molecule has 8 heteroatoms. The monoisotopic (exact) mass is 370 g/mol. The second kappa shape index (κ2) is 8.72. The standard InChI is InChI=1S/C11H9Cl5OP.Li/c1-3-4(2)18-11(17)5-6(12)8(14)10(16)9(15)7(5)13;/h4H,3H2,1-2H3;/q-1;+1. The molecule has 0 aliphatic heterocycles. The topological polar surface area (TPSA) is 17.1 Å². The van der Waals surface area contributed by atoms with Gasteiger partial charge < -0.3 is 13.4 Å². The average Bonchev–Trinajstić information content (AvgIpc) is 2.34. The summed E-state index contributed by atoms with van der Waals surface area (Å²) in [4.78, 5) is 12.1. The Morgan fingerprint density at radius 3 is 1.74 bits per heavy atom. The third-order valence-electron chi connectivity index (χ3n) is 2.35. The molecule has 0 radical (unpaired) electrons. The van der Waals surface area contributed by atoms with Crippen LogP contribution in [0.15, 0.2) is 0 Å². The molecule has 0 heterocycles. The van der Waals surface area contributed by atoms with Gasteiger partial charge in [-0.3, -0.25) is 0 Å². The third kappa shape index (κ3) is 4.67. The first kappa shape index (κ1) is 20.4. The van der Waals surface area contributed by atoms with E-state index in [2.05, 4.69) is 0 Å². The van der Waals surface area contributed by atoms with Crippen LogP contribution < -0.4 is 18.9 Å². The summed E-state index contributed by atoms with van der Waals surface area (Å²) in [5.41, 5.74) is 0.136. The van der Waals surface area contributed by atoms with Crippen LogP contribution in [0.4, 0.5) is 0 Å². The molecule has 0 aromatic heterocycles. The SMILES string of the molecule is CCC(C)[P-]C(=O)c1c(Cl)c(Cl)c(Cl)c(Cl)c1Cl.[Li+]. The Hall–Kier alpha value is 1.37. The van der Waals surface area contributed by atoms with E-state index < -0.39 is 0 Å². The van der Waals surface area contributed by atoms with Crippen LogP contribution in [0.2, 0.25) is 25.1 Å². The molecule has 0 N–H and O–H groups in total. The summed E-state index contributed by atoms with van der Waals surface area (Å²) in [6.07, 6.45) is 0.873. The van der Waals surface area contributed by atoms with Crippen molar-refractivity contribution in [3.8, 4) is 0 Å². The van der Waals surface area contributed by atoms with E-state index in [4.69, 9.17) is 58.0 Å². The summed E-state index contributed by atoms with van der Waals surface area (Å²) in [6, 6.07) is 0. The van der Waals surface area contributed by atoms with Gasteiger partial charge in [0.1, 0.15) is 0 Å². The molecular weight excluding hydrogens is 363 g/mol. The van der Waals surface area contributed by atoms with Crippen LogP contribution in [0.3, 0.4) is 0 Å². The minimum absolute atomic E-state index is 0. The van der Waals surface area contributed by atoms with E-state index in [0.717, 1.165) is 6.42 Å². The predicted octanol–water partition coefficient (Wildman–Crippen LogP) is 3.84. The Labute approximate surface area is 151 Å². The Balaban J connectivity index is 0.00000324. The zero-order valence-corrected chi connectivity index (χ0v) is 15.2. The fraction of sp³-hybridized carbons (Fsp3) is 0.364. The van der Waals surface area contributed by atoms with Crippen molar-refractivity contribution >= 4 is 72.1 Å². The first-order chi connectivity index (χ1) is 8.31. The molecule has 0 aliphatic rings. The van der Waals surface area contributed by atoms with Crippen molar-refractivity contribution in [2.75, 3.05) is 0 Å². The Morgan fingerprint density at radius 1 is 1.00 bits per heavy atom. The first-order valence-corrected chi connectivity index (χ1v) is 7.93. The van der Waals surface area contributed by atoms with Crippen molar-refractivity contribution in [1.29, 1.82) is 0 Å². The maximum absolute atomic E-state index is 12.1.